The smallest absolute Gasteiger partial charge is 0.261 e. The maximum Gasteiger partial charge on any atom is 0.261 e. The molecule has 104 valence electrons. The second kappa shape index (κ2) is 5.09. The summed E-state index contributed by atoms with van der Waals surface area (Å²) in [6.45, 7) is 2.61. The second-order valence-corrected chi connectivity index (χ2v) is 4.78. The number of carbonyl (C=O) groups excluding carboxylic acids is 1. The molecule has 1 aromatic carbocycles. The number of amides is 1. The van der Waals surface area contributed by atoms with Crippen molar-refractivity contribution in [1.82, 2.24) is 4.90 Å². The Morgan fingerprint density at radius 1 is 1.32 bits per heavy atom. The number of carbonyl (C=O) groups is 1. The molecule has 0 aromatic heterocycles. The summed E-state index contributed by atoms with van der Waals surface area (Å²) in [6.07, 6.45) is 0.639. The van der Waals surface area contributed by atoms with Crippen LogP contribution in [0, 0.1) is 0 Å². The molecule has 0 atom stereocenters. The van der Waals surface area contributed by atoms with Crippen molar-refractivity contribution in [3.8, 4) is 11.5 Å². The Hall–Kier alpha value is -1.75. The highest BCUT2D eigenvalue weighted by molar-refractivity contribution is 6.00. The van der Waals surface area contributed by atoms with Gasteiger partial charge in [-0.2, -0.15) is 0 Å². The number of likely N-dealkylation sites (tertiary alicyclic amines) is 1. The fourth-order valence-corrected chi connectivity index (χ4v) is 2.25. The summed E-state index contributed by atoms with van der Waals surface area (Å²) in [5, 5.41) is 9.98. The van der Waals surface area contributed by atoms with Crippen molar-refractivity contribution in [3.63, 3.8) is 0 Å². The number of hydrogen-bond donors (Lipinski definition) is 1. The average molecular weight is 265 g/mol. The number of hydrogen-bond acceptors (Lipinski definition) is 4. The van der Waals surface area contributed by atoms with Gasteiger partial charge in [0.1, 0.15) is 17.1 Å². The molecule has 1 fully saturated rings. The van der Waals surface area contributed by atoms with Gasteiger partial charge in [-0.3, -0.25) is 4.79 Å². The molecule has 1 aromatic rings. The fourth-order valence-electron chi connectivity index (χ4n) is 2.25. The molecule has 0 unspecified atom stereocenters. The molecule has 0 saturated carbocycles. The van der Waals surface area contributed by atoms with Crippen molar-refractivity contribution in [2.75, 3.05) is 27.3 Å². The Kier molecular flexibility index (Phi) is 3.66. The quantitative estimate of drug-likeness (QED) is 0.891. The predicted octanol–water partition coefficient (Wildman–Crippen LogP) is 1.30. The Labute approximate surface area is 112 Å². The van der Waals surface area contributed by atoms with Gasteiger partial charge in [-0.25, -0.2) is 0 Å². The molecule has 19 heavy (non-hydrogen) atoms. The number of rotatable bonds is 4. The first-order valence-corrected chi connectivity index (χ1v) is 6.27. The van der Waals surface area contributed by atoms with Crippen LogP contribution in [0.3, 0.4) is 0 Å². The number of nitrogens with zero attached hydrogens (tertiary/aromatic N) is 1. The number of β-amino-alcohol motifs (C(OH)–C–C–N with tert-alkyl or cyclic N) is 1. The number of ether oxygens (including phenoxy) is 2. The van der Waals surface area contributed by atoms with Gasteiger partial charge in [0.25, 0.3) is 5.91 Å². The zero-order valence-corrected chi connectivity index (χ0v) is 11.5. The highest BCUT2D eigenvalue weighted by Gasteiger charge is 2.43. The van der Waals surface area contributed by atoms with Crippen LogP contribution in [-0.4, -0.2) is 48.8 Å². The third kappa shape index (κ3) is 2.38. The standard InChI is InChI=1S/C14H19NO4/c1-4-14(17)8-15(9-14)13(16)12-10(18-2)6-5-7-11(12)19-3/h5-7,17H,4,8-9H2,1-3H3. The Bertz CT molecular complexity index is 458. The molecule has 5 heteroatoms. The lowest BCUT2D eigenvalue weighted by atomic mass is 9.90. The molecular weight excluding hydrogens is 246 g/mol. The molecule has 0 spiro atoms. The van der Waals surface area contributed by atoms with Crippen LogP contribution in [0.1, 0.15) is 23.7 Å². The predicted molar refractivity (Wildman–Crippen MR) is 70.7 cm³/mol. The van der Waals surface area contributed by atoms with E-state index in [-0.39, 0.29) is 5.91 Å². The molecule has 0 bridgehead atoms. The highest BCUT2D eigenvalue weighted by Crippen LogP contribution is 2.33. The SMILES string of the molecule is CCC1(O)CN(C(=O)c2c(OC)cccc2OC)C1. The lowest BCUT2D eigenvalue weighted by Gasteiger charge is -2.46. The van der Waals surface area contributed by atoms with Crippen LogP contribution in [0.4, 0.5) is 0 Å². The van der Waals surface area contributed by atoms with E-state index < -0.39 is 5.60 Å². The monoisotopic (exact) mass is 265 g/mol. The van der Waals surface area contributed by atoms with Gasteiger partial charge in [0.15, 0.2) is 0 Å². The van der Waals surface area contributed by atoms with E-state index in [1.165, 1.54) is 14.2 Å². The van der Waals surface area contributed by atoms with Crippen LogP contribution in [0.5, 0.6) is 11.5 Å². The van der Waals surface area contributed by atoms with E-state index in [1.807, 2.05) is 6.92 Å². The molecule has 1 saturated heterocycles. The first-order valence-electron chi connectivity index (χ1n) is 6.27. The third-order valence-electron chi connectivity index (χ3n) is 3.56. The summed E-state index contributed by atoms with van der Waals surface area (Å²) >= 11 is 0. The average Bonchev–Trinajstić information content (AvgIpc) is 2.42. The van der Waals surface area contributed by atoms with Crippen LogP contribution < -0.4 is 9.47 Å². The molecule has 1 aliphatic heterocycles. The van der Waals surface area contributed by atoms with Gasteiger partial charge in [-0.15, -0.1) is 0 Å². The van der Waals surface area contributed by atoms with Crippen molar-refractivity contribution in [1.29, 1.82) is 0 Å². The lowest BCUT2D eigenvalue weighted by molar-refractivity contribution is -0.0827. The minimum atomic E-state index is -0.745. The van der Waals surface area contributed by atoms with E-state index in [0.717, 1.165) is 0 Å². The summed E-state index contributed by atoms with van der Waals surface area (Å²) < 4.78 is 10.4. The minimum absolute atomic E-state index is 0.174. The zero-order chi connectivity index (χ0) is 14.0. The summed E-state index contributed by atoms with van der Waals surface area (Å²) in [7, 11) is 3.04. The van der Waals surface area contributed by atoms with E-state index in [0.29, 0.717) is 36.6 Å². The molecule has 1 aliphatic rings. The summed E-state index contributed by atoms with van der Waals surface area (Å²) in [4.78, 5) is 14.0. The fraction of sp³-hybridized carbons (Fsp3) is 0.500. The van der Waals surface area contributed by atoms with Crippen molar-refractivity contribution >= 4 is 5.91 Å². The summed E-state index contributed by atoms with van der Waals surface area (Å²) in [6, 6.07) is 5.22. The second-order valence-electron chi connectivity index (χ2n) is 4.78. The largest absolute Gasteiger partial charge is 0.496 e. The first kappa shape index (κ1) is 13.7. The van der Waals surface area contributed by atoms with Gasteiger partial charge in [0.05, 0.1) is 32.9 Å². The molecule has 1 N–H and O–H groups in total. The Morgan fingerprint density at radius 2 is 1.84 bits per heavy atom. The molecule has 1 amide bonds. The molecular formula is C14H19NO4. The molecule has 5 nitrogen and oxygen atoms in total. The van der Waals surface area contributed by atoms with Gasteiger partial charge in [-0.05, 0) is 18.6 Å². The minimum Gasteiger partial charge on any atom is -0.496 e. The summed E-state index contributed by atoms with van der Waals surface area (Å²) in [5.41, 5.74) is -0.337. The van der Waals surface area contributed by atoms with E-state index >= 15 is 0 Å². The Balaban J connectivity index is 2.25. The third-order valence-corrected chi connectivity index (χ3v) is 3.56. The number of methoxy groups -OCH3 is 2. The van der Waals surface area contributed by atoms with Crippen LogP contribution in [-0.2, 0) is 0 Å². The molecule has 0 radical (unpaired) electrons. The van der Waals surface area contributed by atoms with E-state index in [1.54, 1.807) is 23.1 Å². The van der Waals surface area contributed by atoms with Crippen LogP contribution >= 0.6 is 0 Å². The van der Waals surface area contributed by atoms with Gasteiger partial charge in [0.2, 0.25) is 0 Å². The lowest BCUT2D eigenvalue weighted by Crippen LogP contribution is -2.63. The van der Waals surface area contributed by atoms with Crippen LogP contribution in [0.25, 0.3) is 0 Å². The van der Waals surface area contributed by atoms with Gasteiger partial charge in [-0.1, -0.05) is 13.0 Å². The van der Waals surface area contributed by atoms with Crippen LogP contribution in [0.2, 0.25) is 0 Å². The first-order chi connectivity index (χ1) is 9.04. The molecule has 2 rings (SSSR count). The number of benzene rings is 1. The maximum absolute atomic E-state index is 12.4. The normalized spacial score (nSPS) is 16.7. The zero-order valence-electron chi connectivity index (χ0n) is 11.5. The highest BCUT2D eigenvalue weighted by atomic mass is 16.5. The van der Waals surface area contributed by atoms with Crippen molar-refractivity contribution in [2.45, 2.75) is 18.9 Å². The number of aliphatic hydroxyl groups is 1. The maximum atomic E-state index is 12.4. The van der Waals surface area contributed by atoms with E-state index in [9.17, 15) is 9.90 Å². The van der Waals surface area contributed by atoms with Crippen molar-refractivity contribution in [3.05, 3.63) is 23.8 Å². The van der Waals surface area contributed by atoms with Crippen molar-refractivity contribution in [2.24, 2.45) is 0 Å². The summed E-state index contributed by atoms with van der Waals surface area (Å²) in [5.74, 6) is 0.792. The van der Waals surface area contributed by atoms with Crippen LogP contribution in [0.15, 0.2) is 18.2 Å². The van der Waals surface area contributed by atoms with Gasteiger partial charge >= 0.3 is 0 Å². The van der Waals surface area contributed by atoms with E-state index in [4.69, 9.17) is 9.47 Å². The molecule has 0 aliphatic carbocycles. The van der Waals surface area contributed by atoms with Crippen molar-refractivity contribution < 1.29 is 19.4 Å². The van der Waals surface area contributed by atoms with E-state index in [2.05, 4.69) is 0 Å². The Morgan fingerprint density at radius 3 is 2.26 bits per heavy atom. The molecule has 1 heterocycles. The topological polar surface area (TPSA) is 59.0 Å². The van der Waals surface area contributed by atoms with Gasteiger partial charge < -0.3 is 19.5 Å². The van der Waals surface area contributed by atoms with Gasteiger partial charge in [0, 0.05) is 0 Å².